The molecule has 15 heavy (non-hydrogen) atoms. The third-order valence-electron chi connectivity index (χ3n) is 2.59. The molecule has 0 amide bonds. The smallest absolute Gasteiger partial charge is 0.337 e. The Hall–Kier alpha value is -1.97. The van der Waals surface area contributed by atoms with E-state index in [-0.39, 0.29) is 5.56 Å². The predicted octanol–water partition coefficient (Wildman–Crippen LogP) is 1.77. The molecule has 1 aromatic carbocycles. The Balaban J connectivity index is 2.85. The monoisotopic (exact) mass is 204 g/mol. The number of carboxylic acid groups (broad SMARTS) is 1. The molecule has 0 saturated heterocycles. The Morgan fingerprint density at radius 1 is 1.47 bits per heavy atom. The molecular formula is C11H12N2O2. The Morgan fingerprint density at radius 3 is 2.73 bits per heavy atom. The van der Waals surface area contributed by atoms with Gasteiger partial charge in [0.05, 0.1) is 11.1 Å². The molecule has 0 unspecified atom stereocenters. The zero-order chi connectivity index (χ0) is 11.2. The van der Waals surface area contributed by atoms with Gasteiger partial charge in [0.25, 0.3) is 0 Å². The summed E-state index contributed by atoms with van der Waals surface area (Å²) >= 11 is 0. The number of aromatic nitrogens is 1. The number of benzene rings is 1. The molecule has 0 spiro atoms. The van der Waals surface area contributed by atoms with E-state index >= 15 is 0 Å². The maximum absolute atomic E-state index is 10.9. The molecule has 0 aliphatic rings. The van der Waals surface area contributed by atoms with Gasteiger partial charge in [-0.15, -0.1) is 0 Å². The first-order chi connectivity index (χ1) is 7.00. The van der Waals surface area contributed by atoms with Gasteiger partial charge in [0, 0.05) is 24.3 Å². The Bertz CT molecular complexity index is 555. The highest BCUT2D eigenvalue weighted by molar-refractivity contribution is 6.00. The molecule has 3 N–H and O–H groups in total. The SMILES string of the molecule is Cc1cn(C)c2cc(N)c(C(=O)O)cc12. The van der Waals surface area contributed by atoms with Crippen molar-refractivity contribution in [1.82, 2.24) is 4.57 Å². The van der Waals surface area contributed by atoms with E-state index in [0.717, 1.165) is 16.5 Å². The van der Waals surface area contributed by atoms with E-state index < -0.39 is 5.97 Å². The van der Waals surface area contributed by atoms with Crippen LogP contribution in [0.15, 0.2) is 18.3 Å². The lowest BCUT2D eigenvalue weighted by Crippen LogP contribution is -2.02. The summed E-state index contributed by atoms with van der Waals surface area (Å²) in [4.78, 5) is 10.9. The average Bonchev–Trinajstić information content (AvgIpc) is 2.41. The summed E-state index contributed by atoms with van der Waals surface area (Å²) in [5.74, 6) is -0.988. The van der Waals surface area contributed by atoms with Gasteiger partial charge in [-0.05, 0) is 24.6 Å². The maximum atomic E-state index is 10.9. The van der Waals surface area contributed by atoms with Crippen molar-refractivity contribution in [3.63, 3.8) is 0 Å². The molecule has 0 bridgehead atoms. The summed E-state index contributed by atoms with van der Waals surface area (Å²) < 4.78 is 1.94. The number of aromatic carboxylic acids is 1. The first-order valence-corrected chi connectivity index (χ1v) is 4.59. The number of carbonyl (C=O) groups is 1. The highest BCUT2D eigenvalue weighted by atomic mass is 16.4. The van der Waals surface area contributed by atoms with Crippen LogP contribution in [-0.4, -0.2) is 15.6 Å². The summed E-state index contributed by atoms with van der Waals surface area (Å²) in [7, 11) is 1.91. The minimum absolute atomic E-state index is 0.164. The number of aryl methyl sites for hydroxylation is 2. The number of rotatable bonds is 1. The number of carboxylic acids is 1. The van der Waals surface area contributed by atoms with Crippen molar-refractivity contribution in [1.29, 1.82) is 0 Å². The van der Waals surface area contributed by atoms with Crippen molar-refractivity contribution >= 4 is 22.6 Å². The molecule has 4 heteroatoms. The molecule has 2 rings (SSSR count). The largest absolute Gasteiger partial charge is 0.478 e. The molecule has 0 saturated carbocycles. The number of nitrogens with zero attached hydrogens (tertiary/aromatic N) is 1. The topological polar surface area (TPSA) is 68.2 Å². The minimum Gasteiger partial charge on any atom is -0.478 e. The number of nitrogen functional groups attached to an aromatic ring is 1. The van der Waals surface area contributed by atoms with Crippen LogP contribution in [0.5, 0.6) is 0 Å². The maximum Gasteiger partial charge on any atom is 0.337 e. The third-order valence-corrected chi connectivity index (χ3v) is 2.59. The zero-order valence-corrected chi connectivity index (χ0v) is 8.61. The van der Waals surface area contributed by atoms with E-state index in [0.29, 0.717) is 5.69 Å². The van der Waals surface area contributed by atoms with Gasteiger partial charge >= 0.3 is 5.97 Å². The Morgan fingerprint density at radius 2 is 2.13 bits per heavy atom. The van der Waals surface area contributed by atoms with E-state index in [1.165, 1.54) is 0 Å². The molecule has 0 aliphatic carbocycles. The highest BCUT2D eigenvalue weighted by Crippen LogP contribution is 2.25. The number of fused-ring (bicyclic) bond motifs is 1. The second-order valence-electron chi connectivity index (χ2n) is 3.68. The molecular weight excluding hydrogens is 192 g/mol. The molecule has 0 atom stereocenters. The minimum atomic E-state index is -0.988. The first kappa shape index (κ1) is 9.58. The standard InChI is InChI=1S/C11H12N2O2/c1-6-5-13(2)10-4-9(12)8(11(14)15)3-7(6)10/h3-5H,12H2,1-2H3,(H,14,15). The van der Waals surface area contributed by atoms with Crippen molar-refractivity contribution in [2.75, 3.05) is 5.73 Å². The van der Waals surface area contributed by atoms with E-state index in [2.05, 4.69) is 0 Å². The van der Waals surface area contributed by atoms with Crippen LogP contribution >= 0.6 is 0 Å². The van der Waals surface area contributed by atoms with Crippen LogP contribution in [0.2, 0.25) is 0 Å². The van der Waals surface area contributed by atoms with Crippen molar-refractivity contribution in [3.05, 3.63) is 29.5 Å². The predicted molar refractivity (Wildman–Crippen MR) is 59.0 cm³/mol. The summed E-state index contributed by atoms with van der Waals surface area (Å²) in [6.45, 7) is 1.95. The van der Waals surface area contributed by atoms with Gasteiger partial charge in [-0.3, -0.25) is 0 Å². The van der Waals surface area contributed by atoms with Crippen molar-refractivity contribution in [2.24, 2.45) is 7.05 Å². The van der Waals surface area contributed by atoms with Crippen molar-refractivity contribution < 1.29 is 9.90 Å². The molecule has 0 fully saturated rings. The van der Waals surface area contributed by atoms with Crippen LogP contribution in [0.3, 0.4) is 0 Å². The van der Waals surface area contributed by atoms with Crippen LogP contribution < -0.4 is 5.73 Å². The second kappa shape index (κ2) is 3.02. The molecule has 1 heterocycles. The average molecular weight is 204 g/mol. The van der Waals surface area contributed by atoms with E-state index in [1.807, 2.05) is 24.7 Å². The number of hydrogen-bond donors (Lipinski definition) is 2. The molecule has 4 nitrogen and oxygen atoms in total. The molecule has 1 aromatic heterocycles. The first-order valence-electron chi connectivity index (χ1n) is 4.59. The lowest BCUT2D eigenvalue weighted by Gasteiger charge is -2.02. The quantitative estimate of drug-likeness (QED) is 0.695. The summed E-state index contributed by atoms with van der Waals surface area (Å²) in [6.07, 6.45) is 1.95. The fraction of sp³-hybridized carbons (Fsp3) is 0.182. The summed E-state index contributed by atoms with van der Waals surface area (Å²) in [5, 5.41) is 9.87. The van der Waals surface area contributed by atoms with Crippen molar-refractivity contribution in [2.45, 2.75) is 6.92 Å². The van der Waals surface area contributed by atoms with Gasteiger partial charge in [0.2, 0.25) is 0 Å². The van der Waals surface area contributed by atoms with Gasteiger partial charge in [-0.25, -0.2) is 4.79 Å². The number of hydrogen-bond acceptors (Lipinski definition) is 2. The van der Waals surface area contributed by atoms with Gasteiger partial charge in [-0.2, -0.15) is 0 Å². The highest BCUT2D eigenvalue weighted by Gasteiger charge is 2.12. The van der Waals surface area contributed by atoms with Gasteiger partial charge in [0.1, 0.15) is 0 Å². The van der Waals surface area contributed by atoms with E-state index in [1.54, 1.807) is 12.1 Å². The van der Waals surface area contributed by atoms with Crippen molar-refractivity contribution in [3.8, 4) is 0 Å². The van der Waals surface area contributed by atoms with Crippen LogP contribution in [0.4, 0.5) is 5.69 Å². The molecule has 78 valence electrons. The third kappa shape index (κ3) is 1.34. The molecule has 0 aliphatic heterocycles. The summed E-state index contributed by atoms with van der Waals surface area (Å²) in [5.41, 5.74) is 8.14. The lowest BCUT2D eigenvalue weighted by molar-refractivity contribution is 0.0698. The Kier molecular flexibility index (Phi) is 1.93. The van der Waals surface area contributed by atoms with Gasteiger partial charge in [-0.1, -0.05) is 0 Å². The fourth-order valence-electron chi connectivity index (χ4n) is 1.83. The van der Waals surface area contributed by atoms with Crippen LogP contribution in [0, 0.1) is 6.92 Å². The Labute approximate surface area is 86.9 Å². The van der Waals surface area contributed by atoms with Crippen LogP contribution in [0.1, 0.15) is 15.9 Å². The second-order valence-corrected chi connectivity index (χ2v) is 3.68. The molecule has 0 radical (unpaired) electrons. The van der Waals surface area contributed by atoms with E-state index in [4.69, 9.17) is 10.8 Å². The fourth-order valence-corrected chi connectivity index (χ4v) is 1.83. The van der Waals surface area contributed by atoms with Crippen LogP contribution in [0.25, 0.3) is 10.9 Å². The summed E-state index contributed by atoms with van der Waals surface area (Å²) in [6, 6.07) is 3.33. The zero-order valence-electron chi connectivity index (χ0n) is 8.61. The van der Waals surface area contributed by atoms with Crippen LogP contribution in [-0.2, 0) is 7.05 Å². The molecule has 2 aromatic rings. The number of anilines is 1. The van der Waals surface area contributed by atoms with Gasteiger partial charge in [0.15, 0.2) is 0 Å². The number of nitrogens with two attached hydrogens (primary N) is 1. The van der Waals surface area contributed by atoms with E-state index in [9.17, 15) is 4.79 Å². The normalized spacial score (nSPS) is 10.8. The van der Waals surface area contributed by atoms with Gasteiger partial charge < -0.3 is 15.4 Å². The lowest BCUT2D eigenvalue weighted by atomic mass is 10.1.